The van der Waals surface area contributed by atoms with Crippen LogP contribution in [0.4, 0.5) is 13.6 Å². The van der Waals surface area contributed by atoms with Gasteiger partial charge in [-0.1, -0.05) is 18.1 Å². The number of halogens is 2. The Hall–Kier alpha value is -2.95. The molecule has 2 atom stereocenters. The van der Waals surface area contributed by atoms with Crippen molar-refractivity contribution in [3.8, 4) is 12.3 Å². The second-order valence-electron chi connectivity index (χ2n) is 9.63. The smallest absolute Gasteiger partial charge is 0.408 e. The Kier molecular flexibility index (Phi) is 7.11. The highest BCUT2D eigenvalue weighted by Gasteiger charge is 2.45. The number of amides is 1. The number of hydrogen-bond donors (Lipinski definition) is 3. The van der Waals surface area contributed by atoms with Crippen LogP contribution in [-0.4, -0.2) is 45.4 Å². The monoisotopic (exact) mass is 456 g/mol. The number of rotatable bonds is 8. The lowest BCUT2D eigenvalue weighted by molar-refractivity contribution is 0.00644. The molecule has 3 N–H and O–H groups in total. The molecular weight excluding hydrogens is 426 g/mol. The summed E-state index contributed by atoms with van der Waals surface area (Å²) < 4.78 is 27.6. The molecule has 0 aliphatic heterocycles. The number of benzene rings is 2. The van der Waals surface area contributed by atoms with E-state index in [1.54, 1.807) is 20.8 Å². The van der Waals surface area contributed by atoms with E-state index in [1.165, 1.54) is 0 Å². The summed E-state index contributed by atoms with van der Waals surface area (Å²) in [6, 6.07) is 9.78. The minimum atomic E-state index is -1.22. The highest BCUT2D eigenvalue weighted by Crippen LogP contribution is 2.45. The van der Waals surface area contributed by atoms with E-state index in [9.17, 15) is 23.8 Å². The lowest BCUT2D eigenvalue weighted by atomic mass is 9.94. The summed E-state index contributed by atoms with van der Waals surface area (Å²) in [6.45, 7) is 5.25. The Bertz CT molecular complexity index is 1030. The fourth-order valence-electron chi connectivity index (χ4n) is 4.33. The van der Waals surface area contributed by atoms with Gasteiger partial charge in [-0.3, -0.25) is 4.90 Å². The first-order chi connectivity index (χ1) is 15.4. The summed E-state index contributed by atoms with van der Waals surface area (Å²) in [5.74, 6) is 1.12. The Balaban J connectivity index is 1.85. The number of aliphatic hydroxyl groups is 1. The van der Waals surface area contributed by atoms with Gasteiger partial charge < -0.3 is 15.5 Å². The third kappa shape index (κ3) is 5.89. The molecule has 0 aromatic heterocycles. The van der Waals surface area contributed by atoms with Crippen LogP contribution in [0.5, 0.6) is 0 Å². The van der Waals surface area contributed by atoms with Gasteiger partial charge in [0.15, 0.2) is 0 Å². The van der Waals surface area contributed by atoms with Crippen LogP contribution in [0.25, 0.3) is 0 Å². The van der Waals surface area contributed by atoms with Crippen molar-refractivity contribution in [2.75, 3.05) is 6.54 Å². The van der Waals surface area contributed by atoms with E-state index in [1.807, 2.05) is 24.3 Å². The fourth-order valence-corrected chi connectivity index (χ4v) is 4.33. The van der Waals surface area contributed by atoms with Crippen LogP contribution in [0.3, 0.4) is 0 Å². The van der Waals surface area contributed by atoms with E-state index in [-0.39, 0.29) is 24.1 Å². The molecule has 2 aromatic rings. The molecule has 1 fully saturated rings. The van der Waals surface area contributed by atoms with E-state index in [4.69, 9.17) is 6.42 Å². The van der Waals surface area contributed by atoms with Crippen LogP contribution in [0.2, 0.25) is 0 Å². The third-order valence-corrected chi connectivity index (χ3v) is 6.05. The zero-order valence-electron chi connectivity index (χ0n) is 19.1. The van der Waals surface area contributed by atoms with Crippen LogP contribution in [-0.2, 0) is 12.0 Å². The first-order valence-corrected chi connectivity index (χ1v) is 10.9. The van der Waals surface area contributed by atoms with Crippen molar-refractivity contribution in [3.05, 3.63) is 70.8 Å². The van der Waals surface area contributed by atoms with Crippen molar-refractivity contribution in [2.45, 2.75) is 63.3 Å². The number of carbonyl (C=O) groups is 1. The summed E-state index contributed by atoms with van der Waals surface area (Å²) in [5.41, 5.74) is 0.868. The molecule has 3 rings (SSSR count). The van der Waals surface area contributed by atoms with E-state index < -0.39 is 35.4 Å². The van der Waals surface area contributed by atoms with Gasteiger partial charge >= 0.3 is 6.09 Å². The summed E-state index contributed by atoms with van der Waals surface area (Å²) >= 11 is 0. The van der Waals surface area contributed by atoms with Gasteiger partial charge in [0.25, 0.3) is 0 Å². The number of nitrogens with zero attached hydrogens (tertiary/aromatic N) is 1. The Morgan fingerprint density at radius 3 is 2.36 bits per heavy atom. The summed E-state index contributed by atoms with van der Waals surface area (Å²) in [6.07, 6.45) is 4.85. The van der Waals surface area contributed by atoms with Gasteiger partial charge in [0, 0.05) is 29.3 Å². The molecule has 0 spiro atoms. The Morgan fingerprint density at radius 2 is 1.85 bits per heavy atom. The van der Waals surface area contributed by atoms with Crippen LogP contribution in [0.15, 0.2) is 42.5 Å². The number of hydrogen-bond acceptors (Lipinski definition) is 3. The second-order valence-corrected chi connectivity index (χ2v) is 9.63. The minimum absolute atomic E-state index is 0.0410. The van der Waals surface area contributed by atoms with Crippen molar-refractivity contribution >= 4 is 6.09 Å². The maximum Gasteiger partial charge on any atom is 0.408 e. The van der Waals surface area contributed by atoms with Gasteiger partial charge in [-0.25, -0.2) is 13.6 Å². The molecule has 5 nitrogen and oxygen atoms in total. The van der Waals surface area contributed by atoms with Gasteiger partial charge in [-0.2, -0.15) is 0 Å². The van der Waals surface area contributed by atoms with Gasteiger partial charge in [-0.15, -0.1) is 6.42 Å². The summed E-state index contributed by atoms with van der Waals surface area (Å²) in [7, 11) is 0. The first kappa shape index (κ1) is 24.7. The minimum Gasteiger partial charge on any atom is -0.465 e. The maximum absolute atomic E-state index is 13.8. The van der Waals surface area contributed by atoms with E-state index in [0.29, 0.717) is 0 Å². The molecule has 7 heteroatoms. The number of nitrogens with one attached hydrogen (secondary N) is 1. The zero-order valence-corrected chi connectivity index (χ0v) is 19.1. The molecule has 0 unspecified atom stereocenters. The zero-order chi connectivity index (χ0) is 24.4. The van der Waals surface area contributed by atoms with Gasteiger partial charge in [0.05, 0.1) is 12.1 Å². The Labute approximate surface area is 193 Å². The lowest BCUT2D eigenvalue weighted by Crippen LogP contribution is -2.58. The van der Waals surface area contributed by atoms with E-state index in [2.05, 4.69) is 11.2 Å². The van der Waals surface area contributed by atoms with Crippen LogP contribution in [0, 0.1) is 24.0 Å². The fraction of sp³-hybridized carbons (Fsp3) is 0.423. The molecule has 1 aliphatic rings. The molecule has 176 valence electrons. The maximum atomic E-state index is 13.8. The van der Waals surface area contributed by atoms with Crippen molar-refractivity contribution in [2.24, 2.45) is 0 Å². The SMILES string of the molecule is C#Cc1cccc(C2(NC[C@@H](O)[C@H](Cc3cc(F)cc(F)c3)N(C(=O)O)C(C)(C)C)CC2)c1. The average molecular weight is 457 g/mol. The Morgan fingerprint density at radius 1 is 1.21 bits per heavy atom. The molecular formula is C26H30F2N2O3. The molecule has 33 heavy (non-hydrogen) atoms. The molecule has 1 aliphatic carbocycles. The molecule has 0 radical (unpaired) electrons. The molecule has 0 saturated heterocycles. The normalized spacial score (nSPS) is 16.5. The molecule has 0 heterocycles. The van der Waals surface area contributed by atoms with Crippen molar-refractivity contribution in [3.63, 3.8) is 0 Å². The largest absolute Gasteiger partial charge is 0.465 e. The van der Waals surface area contributed by atoms with Crippen molar-refractivity contribution in [1.29, 1.82) is 0 Å². The van der Waals surface area contributed by atoms with Gasteiger partial charge in [-0.05, 0) is 75.4 Å². The predicted octanol–water partition coefficient (Wildman–Crippen LogP) is 4.28. The van der Waals surface area contributed by atoms with E-state index >= 15 is 0 Å². The quantitative estimate of drug-likeness (QED) is 0.519. The molecule has 0 bridgehead atoms. The second kappa shape index (κ2) is 9.50. The van der Waals surface area contributed by atoms with Gasteiger partial charge in [0.1, 0.15) is 11.6 Å². The van der Waals surface area contributed by atoms with Crippen molar-refractivity contribution < 1.29 is 23.8 Å². The lowest BCUT2D eigenvalue weighted by Gasteiger charge is -2.42. The summed E-state index contributed by atoms with van der Waals surface area (Å²) in [5, 5.41) is 24.4. The van der Waals surface area contributed by atoms with Crippen molar-refractivity contribution in [1.82, 2.24) is 10.2 Å². The number of carboxylic acid groups (broad SMARTS) is 1. The average Bonchev–Trinajstić information content (AvgIpc) is 3.51. The van der Waals surface area contributed by atoms with Crippen LogP contribution in [0.1, 0.15) is 50.3 Å². The van der Waals surface area contributed by atoms with Gasteiger partial charge in [0.2, 0.25) is 0 Å². The third-order valence-electron chi connectivity index (χ3n) is 6.05. The van der Waals surface area contributed by atoms with E-state index in [0.717, 1.165) is 47.1 Å². The predicted molar refractivity (Wildman–Crippen MR) is 123 cm³/mol. The highest BCUT2D eigenvalue weighted by atomic mass is 19.1. The topological polar surface area (TPSA) is 72.8 Å². The number of aliphatic hydroxyl groups excluding tert-OH is 1. The van der Waals surface area contributed by atoms with Crippen LogP contribution >= 0.6 is 0 Å². The molecule has 1 saturated carbocycles. The molecule has 2 aromatic carbocycles. The summed E-state index contributed by atoms with van der Waals surface area (Å²) in [4.78, 5) is 13.3. The van der Waals surface area contributed by atoms with Crippen LogP contribution < -0.4 is 5.32 Å². The number of terminal acetylenes is 1. The standard InChI is InChI=1S/C26H30F2N2O3/c1-5-17-7-6-8-19(11-17)26(9-10-26)29-16-23(31)22(30(24(32)33)25(2,3)4)14-18-12-20(27)15-21(28)13-18/h1,6-8,11-13,15,22-23,29,31H,9-10,14,16H2,2-4H3,(H,32,33)/t22-,23+/m0/s1. The highest BCUT2D eigenvalue weighted by molar-refractivity contribution is 5.66. The molecule has 1 amide bonds. The first-order valence-electron chi connectivity index (χ1n) is 10.9.